The molecule has 2 N–H and O–H groups in total. The van der Waals surface area contributed by atoms with Crippen molar-refractivity contribution in [3.8, 4) is 5.88 Å². The zero-order valence-corrected chi connectivity index (χ0v) is 11.2. The van der Waals surface area contributed by atoms with Crippen molar-refractivity contribution in [3.05, 3.63) is 33.6 Å². The van der Waals surface area contributed by atoms with Crippen LogP contribution in [-0.4, -0.2) is 23.0 Å². The molecule has 0 saturated heterocycles. The lowest BCUT2D eigenvalue weighted by Crippen LogP contribution is -2.28. The molecule has 2 heterocycles. The van der Waals surface area contributed by atoms with Gasteiger partial charge in [-0.25, -0.2) is 14.4 Å². The number of amides is 1. The van der Waals surface area contributed by atoms with Crippen LogP contribution in [-0.2, 0) is 0 Å². The predicted molar refractivity (Wildman–Crippen MR) is 69.0 cm³/mol. The molecular formula is C10H8ClFN4O2S. The Kier molecular flexibility index (Phi) is 4.13. The van der Waals surface area contributed by atoms with Crippen LogP contribution < -0.4 is 15.6 Å². The van der Waals surface area contributed by atoms with E-state index in [1.807, 2.05) is 0 Å². The van der Waals surface area contributed by atoms with Crippen LogP contribution in [0.5, 0.6) is 5.88 Å². The van der Waals surface area contributed by atoms with Crippen molar-refractivity contribution in [1.29, 1.82) is 0 Å². The van der Waals surface area contributed by atoms with Crippen molar-refractivity contribution in [2.45, 2.75) is 0 Å². The summed E-state index contributed by atoms with van der Waals surface area (Å²) in [5, 5.41) is 0. The Hall–Kier alpha value is -1.93. The van der Waals surface area contributed by atoms with Gasteiger partial charge in [0.2, 0.25) is 5.88 Å². The second kappa shape index (κ2) is 5.81. The molecule has 0 unspecified atom stereocenters. The normalized spacial score (nSPS) is 10.1. The number of methoxy groups -OCH3 is 1. The van der Waals surface area contributed by atoms with Crippen molar-refractivity contribution in [2.24, 2.45) is 0 Å². The average molecular weight is 303 g/mol. The molecule has 2 rings (SSSR count). The van der Waals surface area contributed by atoms with Crippen LogP contribution in [0.4, 0.5) is 10.1 Å². The lowest BCUT2D eigenvalue weighted by atomic mass is 10.4. The number of nitrogens with zero attached hydrogens (tertiary/aromatic N) is 2. The minimum atomic E-state index is -0.636. The second-order valence-electron chi connectivity index (χ2n) is 3.27. The molecule has 0 aliphatic rings. The van der Waals surface area contributed by atoms with Crippen LogP contribution >= 0.6 is 22.9 Å². The largest absolute Gasteiger partial charge is 0.479 e. The molecule has 0 aliphatic carbocycles. The van der Waals surface area contributed by atoms with Gasteiger partial charge in [-0.1, -0.05) is 22.9 Å². The third-order valence-electron chi connectivity index (χ3n) is 2.02. The van der Waals surface area contributed by atoms with E-state index in [1.54, 1.807) is 0 Å². The summed E-state index contributed by atoms with van der Waals surface area (Å²) < 4.78 is 18.3. The molecule has 0 aliphatic heterocycles. The maximum Gasteiger partial charge on any atom is 0.281 e. The molecule has 0 saturated carbocycles. The van der Waals surface area contributed by atoms with Crippen molar-refractivity contribution >= 4 is 34.5 Å². The summed E-state index contributed by atoms with van der Waals surface area (Å²) in [4.78, 5) is 19.4. The van der Waals surface area contributed by atoms with E-state index in [0.717, 1.165) is 17.4 Å². The number of pyridine rings is 1. The fourth-order valence-electron chi connectivity index (χ4n) is 1.19. The number of thiazole rings is 1. The highest BCUT2D eigenvalue weighted by Gasteiger charge is 2.10. The Morgan fingerprint density at radius 2 is 2.26 bits per heavy atom. The summed E-state index contributed by atoms with van der Waals surface area (Å²) in [7, 11) is 1.31. The van der Waals surface area contributed by atoms with Crippen molar-refractivity contribution in [3.63, 3.8) is 0 Å². The van der Waals surface area contributed by atoms with Gasteiger partial charge in [0.25, 0.3) is 5.91 Å². The van der Waals surface area contributed by atoms with Crippen LogP contribution in [0.3, 0.4) is 0 Å². The molecule has 0 aromatic carbocycles. The van der Waals surface area contributed by atoms with Crippen LogP contribution in [0.15, 0.2) is 18.5 Å². The van der Waals surface area contributed by atoms with Gasteiger partial charge in [-0.3, -0.25) is 15.6 Å². The van der Waals surface area contributed by atoms with Crippen LogP contribution in [0, 0.1) is 5.82 Å². The molecule has 100 valence electrons. The van der Waals surface area contributed by atoms with Gasteiger partial charge < -0.3 is 4.74 Å². The van der Waals surface area contributed by atoms with Gasteiger partial charge in [0.1, 0.15) is 4.88 Å². The van der Waals surface area contributed by atoms with E-state index in [2.05, 4.69) is 25.6 Å². The quantitative estimate of drug-likeness (QED) is 0.846. The molecule has 6 nitrogen and oxygen atoms in total. The highest BCUT2D eigenvalue weighted by atomic mass is 35.5. The fourth-order valence-corrected chi connectivity index (χ4v) is 2.03. The monoisotopic (exact) mass is 302 g/mol. The smallest absolute Gasteiger partial charge is 0.281 e. The van der Waals surface area contributed by atoms with Gasteiger partial charge in [0.05, 0.1) is 25.2 Å². The summed E-state index contributed by atoms with van der Waals surface area (Å²) in [5.41, 5.74) is 5.17. The molecule has 0 spiro atoms. The number of hydrogen-bond acceptors (Lipinski definition) is 6. The number of hydrogen-bond donors (Lipinski definition) is 2. The van der Waals surface area contributed by atoms with Gasteiger partial charge in [-0.2, -0.15) is 0 Å². The van der Waals surface area contributed by atoms with Gasteiger partial charge in [0.15, 0.2) is 10.3 Å². The second-order valence-corrected chi connectivity index (χ2v) is 4.88. The summed E-state index contributed by atoms with van der Waals surface area (Å²) >= 11 is 6.64. The zero-order valence-electron chi connectivity index (χ0n) is 9.61. The van der Waals surface area contributed by atoms with Crippen molar-refractivity contribution < 1.29 is 13.9 Å². The Morgan fingerprint density at radius 3 is 2.84 bits per heavy atom. The molecule has 0 bridgehead atoms. The molecule has 0 atom stereocenters. The minimum absolute atomic E-state index is 0.119. The number of anilines is 1. The average Bonchev–Trinajstić information content (AvgIpc) is 2.83. The Morgan fingerprint density at radius 1 is 1.47 bits per heavy atom. The van der Waals surface area contributed by atoms with E-state index in [-0.39, 0.29) is 16.0 Å². The SMILES string of the molecule is COc1ncc(NNC(=O)c2cnc(Cl)s2)cc1F. The van der Waals surface area contributed by atoms with E-state index in [1.165, 1.54) is 19.5 Å². The molecule has 2 aromatic rings. The number of ether oxygens (including phenoxy) is 1. The van der Waals surface area contributed by atoms with Gasteiger partial charge in [0, 0.05) is 6.07 Å². The van der Waals surface area contributed by atoms with E-state index in [4.69, 9.17) is 11.6 Å². The Labute approximate surface area is 116 Å². The number of carbonyl (C=O) groups is 1. The molecule has 0 fully saturated rings. The fraction of sp³-hybridized carbons (Fsp3) is 0.100. The Balaban J connectivity index is 1.99. The predicted octanol–water partition coefficient (Wildman–Crippen LogP) is 2.10. The number of aromatic nitrogens is 2. The number of rotatable bonds is 4. The van der Waals surface area contributed by atoms with Crippen LogP contribution in [0.1, 0.15) is 9.67 Å². The molecule has 0 radical (unpaired) electrons. The molecular weight excluding hydrogens is 295 g/mol. The summed E-state index contributed by atoms with van der Waals surface area (Å²) in [6.45, 7) is 0. The van der Waals surface area contributed by atoms with Crippen LogP contribution in [0.25, 0.3) is 0 Å². The third kappa shape index (κ3) is 3.30. The highest BCUT2D eigenvalue weighted by molar-refractivity contribution is 7.17. The van der Waals surface area contributed by atoms with Crippen molar-refractivity contribution in [1.82, 2.24) is 15.4 Å². The zero-order chi connectivity index (χ0) is 13.8. The standard InChI is InChI=1S/C10H8ClFN4O2S/c1-18-9-6(12)2-5(3-13-9)15-16-8(17)7-4-14-10(11)19-7/h2-4,15H,1H3,(H,16,17). The lowest BCUT2D eigenvalue weighted by molar-refractivity contribution is 0.0966. The van der Waals surface area contributed by atoms with E-state index < -0.39 is 11.7 Å². The molecule has 2 aromatic heterocycles. The van der Waals surface area contributed by atoms with E-state index in [9.17, 15) is 9.18 Å². The van der Waals surface area contributed by atoms with Crippen molar-refractivity contribution in [2.75, 3.05) is 12.5 Å². The maximum absolute atomic E-state index is 13.3. The molecule has 1 amide bonds. The number of hydrazine groups is 1. The summed E-state index contributed by atoms with van der Waals surface area (Å²) in [6, 6.07) is 1.14. The van der Waals surface area contributed by atoms with Gasteiger partial charge in [-0.15, -0.1) is 0 Å². The first-order chi connectivity index (χ1) is 9.10. The van der Waals surface area contributed by atoms with Gasteiger partial charge >= 0.3 is 0 Å². The number of carbonyl (C=O) groups excluding carboxylic acids is 1. The van der Waals surface area contributed by atoms with E-state index >= 15 is 0 Å². The number of halogens is 2. The van der Waals surface area contributed by atoms with E-state index in [0.29, 0.717) is 4.88 Å². The lowest BCUT2D eigenvalue weighted by Gasteiger charge is -2.08. The first-order valence-corrected chi connectivity index (χ1v) is 6.17. The Bertz CT molecular complexity index is 607. The third-order valence-corrected chi connectivity index (χ3v) is 3.14. The van der Waals surface area contributed by atoms with Gasteiger partial charge in [-0.05, 0) is 0 Å². The maximum atomic E-state index is 13.3. The molecule has 19 heavy (non-hydrogen) atoms. The summed E-state index contributed by atoms with van der Waals surface area (Å²) in [6.07, 6.45) is 2.67. The summed E-state index contributed by atoms with van der Waals surface area (Å²) in [5.74, 6) is -1.19. The highest BCUT2D eigenvalue weighted by Crippen LogP contribution is 2.18. The first-order valence-electron chi connectivity index (χ1n) is 4.97. The number of nitrogens with one attached hydrogen (secondary N) is 2. The first kappa shape index (κ1) is 13.5. The minimum Gasteiger partial charge on any atom is -0.479 e. The molecule has 9 heteroatoms. The topological polar surface area (TPSA) is 76.1 Å². The van der Waals surface area contributed by atoms with Crippen LogP contribution in [0.2, 0.25) is 4.47 Å².